The van der Waals surface area contributed by atoms with Crippen molar-refractivity contribution >= 4 is 23.6 Å². The fraction of sp³-hybridized carbons (Fsp3) is 0.467. The third kappa shape index (κ3) is 3.54. The second-order valence-corrected chi connectivity index (χ2v) is 6.04. The Bertz CT molecular complexity index is 479. The van der Waals surface area contributed by atoms with E-state index >= 15 is 0 Å². The molecule has 0 saturated carbocycles. The van der Waals surface area contributed by atoms with Gasteiger partial charge in [-0.25, -0.2) is 4.79 Å². The molecule has 1 atom stereocenters. The Morgan fingerprint density at radius 1 is 1.35 bits per heavy atom. The quantitative estimate of drug-likeness (QED) is 0.838. The smallest absolute Gasteiger partial charge is 0.326 e. The fourth-order valence-electron chi connectivity index (χ4n) is 2.53. The molecule has 0 spiro atoms. The van der Waals surface area contributed by atoms with Crippen LogP contribution in [0.15, 0.2) is 24.3 Å². The molecule has 0 aromatic heterocycles. The summed E-state index contributed by atoms with van der Waals surface area (Å²) < 4.78 is 0. The second kappa shape index (κ2) is 6.79. The first-order valence-corrected chi connectivity index (χ1v) is 8.10. The topological polar surface area (TPSA) is 66.4 Å². The van der Waals surface area contributed by atoms with Gasteiger partial charge in [-0.2, -0.15) is 11.8 Å². The summed E-state index contributed by atoms with van der Waals surface area (Å²) in [6.45, 7) is 0. The average Bonchev–Trinajstić information content (AvgIpc) is 2.86. The first-order valence-electron chi connectivity index (χ1n) is 6.70. The van der Waals surface area contributed by atoms with Crippen molar-refractivity contribution in [3.8, 4) is 0 Å². The Morgan fingerprint density at radius 2 is 1.95 bits per heavy atom. The van der Waals surface area contributed by atoms with Crippen molar-refractivity contribution in [3.63, 3.8) is 0 Å². The monoisotopic (exact) mass is 293 g/mol. The van der Waals surface area contributed by atoms with Crippen LogP contribution in [-0.2, 0) is 22.4 Å². The molecule has 20 heavy (non-hydrogen) atoms. The summed E-state index contributed by atoms with van der Waals surface area (Å²) >= 11 is 1.58. The van der Waals surface area contributed by atoms with Crippen molar-refractivity contribution in [1.29, 1.82) is 0 Å². The standard InChI is InChI=1S/C15H19NO3S/c1-20-7-6-13(15(18)19)16-14(17)12-8-10-4-2-3-5-11(10)9-12/h2-5,12-13H,6-9H2,1H3,(H,16,17)(H,18,19). The van der Waals surface area contributed by atoms with Gasteiger partial charge in [0.05, 0.1) is 0 Å². The molecule has 1 amide bonds. The number of carbonyl (C=O) groups excluding carboxylic acids is 1. The Morgan fingerprint density at radius 3 is 2.45 bits per heavy atom. The third-order valence-corrected chi connectivity index (χ3v) is 4.29. The minimum Gasteiger partial charge on any atom is -0.480 e. The number of carboxylic acids is 1. The van der Waals surface area contributed by atoms with Crippen LogP contribution in [-0.4, -0.2) is 35.0 Å². The lowest BCUT2D eigenvalue weighted by atomic mass is 10.0. The van der Waals surface area contributed by atoms with Crippen LogP contribution in [0.3, 0.4) is 0 Å². The predicted octanol–water partition coefficient (Wildman–Crippen LogP) is 1.72. The van der Waals surface area contributed by atoms with Crippen LogP contribution in [0.1, 0.15) is 17.5 Å². The number of hydrogen-bond acceptors (Lipinski definition) is 3. The number of carbonyl (C=O) groups is 2. The van der Waals surface area contributed by atoms with Crippen molar-refractivity contribution in [2.45, 2.75) is 25.3 Å². The number of fused-ring (bicyclic) bond motifs is 1. The molecule has 4 nitrogen and oxygen atoms in total. The van der Waals surface area contributed by atoms with Crippen molar-refractivity contribution in [1.82, 2.24) is 5.32 Å². The fourth-order valence-corrected chi connectivity index (χ4v) is 3.00. The van der Waals surface area contributed by atoms with Gasteiger partial charge in [0.25, 0.3) is 0 Å². The van der Waals surface area contributed by atoms with Gasteiger partial charge in [-0.1, -0.05) is 24.3 Å². The highest BCUT2D eigenvalue weighted by Crippen LogP contribution is 2.26. The van der Waals surface area contributed by atoms with Gasteiger partial charge in [0.2, 0.25) is 5.91 Å². The van der Waals surface area contributed by atoms with Gasteiger partial charge < -0.3 is 10.4 Å². The number of carboxylic acid groups (broad SMARTS) is 1. The molecule has 0 radical (unpaired) electrons. The second-order valence-electron chi connectivity index (χ2n) is 5.05. The van der Waals surface area contributed by atoms with Crippen molar-refractivity contribution in [2.24, 2.45) is 5.92 Å². The highest BCUT2D eigenvalue weighted by Gasteiger charge is 2.29. The first kappa shape index (κ1) is 14.9. The van der Waals surface area contributed by atoms with Gasteiger partial charge >= 0.3 is 5.97 Å². The number of amides is 1. The van der Waals surface area contributed by atoms with E-state index in [1.54, 1.807) is 11.8 Å². The van der Waals surface area contributed by atoms with Gasteiger partial charge in [-0.3, -0.25) is 4.79 Å². The Labute approximate surface area is 123 Å². The highest BCUT2D eigenvalue weighted by atomic mass is 32.2. The molecule has 0 saturated heterocycles. The number of benzene rings is 1. The molecule has 1 aromatic carbocycles. The molecular weight excluding hydrogens is 274 g/mol. The zero-order valence-electron chi connectivity index (χ0n) is 11.5. The Kier molecular flexibility index (Phi) is 5.06. The van der Waals surface area contributed by atoms with Crippen LogP contribution in [0.2, 0.25) is 0 Å². The van der Waals surface area contributed by atoms with Crippen molar-refractivity contribution in [2.75, 3.05) is 12.0 Å². The summed E-state index contributed by atoms with van der Waals surface area (Å²) in [5.41, 5.74) is 2.40. The Hall–Kier alpha value is -1.49. The van der Waals surface area contributed by atoms with E-state index in [1.165, 1.54) is 11.1 Å². The van der Waals surface area contributed by atoms with Crippen LogP contribution in [0.25, 0.3) is 0 Å². The van der Waals surface area contributed by atoms with Crippen molar-refractivity contribution < 1.29 is 14.7 Å². The van der Waals surface area contributed by atoms with Gasteiger partial charge in [0.1, 0.15) is 6.04 Å². The van der Waals surface area contributed by atoms with Crippen LogP contribution in [0.5, 0.6) is 0 Å². The summed E-state index contributed by atoms with van der Waals surface area (Å²) in [4.78, 5) is 23.4. The molecule has 1 aliphatic rings. The minimum absolute atomic E-state index is 0.136. The molecule has 108 valence electrons. The molecule has 0 bridgehead atoms. The molecule has 2 rings (SSSR count). The molecular formula is C15H19NO3S. The maximum atomic E-state index is 12.2. The van der Waals surface area contributed by atoms with Crippen LogP contribution in [0, 0.1) is 5.92 Å². The van der Waals surface area contributed by atoms with E-state index in [4.69, 9.17) is 5.11 Å². The molecule has 0 aliphatic heterocycles. The SMILES string of the molecule is CSCCC(NC(=O)C1Cc2ccccc2C1)C(=O)O. The zero-order valence-corrected chi connectivity index (χ0v) is 12.3. The van der Waals surface area contributed by atoms with E-state index in [2.05, 4.69) is 5.32 Å². The molecule has 5 heteroatoms. The third-order valence-electron chi connectivity index (χ3n) is 3.65. The highest BCUT2D eigenvalue weighted by molar-refractivity contribution is 7.98. The molecule has 1 unspecified atom stereocenters. The summed E-state index contributed by atoms with van der Waals surface area (Å²) in [7, 11) is 0. The summed E-state index contributed by atoms with van der Waals surface area (Å²) in [5, 5.41) is 11.8. The lowest BCUT2D eigenvalue weighted by molar-refractivity contribution is -0.142. The maximum absolute atomic E-state index is 12.2. The van der Waals surface area contributed by atoms with Gasteiger partial charge in [0, 0.05) is 5.92 Å². The van der Waals surface area contributed by atoms with E-state index < -0.39 is 12.0 Å². The van der Waals surface area contributed by atoms with Crippen LogP contribution in [0.4, 0.5) is 0 Å². The van der Waals surface area contributed by atoms with Gasteiger partial charge in [0.15, 0.2) is 0 Å². The number of hydrogen-bond donors (Lipinski definition) is 2. The average molecular weight is 293 g/mol. The molecule has 0 heterocycles. The van der Waals surface area contributed by atoms with Crippen molar-refractivity contribution in [3.05, 3.63) is 35.4 Å². The first-order chi connectivity index (χ1) is 9.61. The van der Waals surface area contributed by atoms with Gasteiger partial charge in [-0.05, 0) is 42.4 Å². The lowest BCUT2D eigenvalue weighted by Gasteiger charge is -2.16. The van der Waals surface area contributed by atoms with E-state index in [9.17, 15) is 9.59 Å². The molecule has 2 N–H and O–H groups in total. The number of thioether (sulfide) groups is 1. The number of rotatable bonds is 6. The van der Waals surface area contributed by atoms with E-state index in [0.717, 1.165) is 5.75 Å². The molecule has 1 aliphatic carbocycles. The predicted molar refractivity (Wildman–Crippen MR) is 79.9 cm³/mol. The number of nitrogens with one attached hydrogen (secondary N) is 1. The van der Waals surface area contributed by atoms with Gasteiger partial charge in [-0.15, -0.1) is 0 Å². The summed E-state index contributed by atoms with van der Waals surface area (Å²) in [5.74, 6) is -0.511. The van der Waals surface area contributed by atoms with E-state index in [-0.39, 0.29) is 11.8 Å². The van der Waals surface area contributed by atoms with Crippen LogP contribution < -0.4 is 5.32 Å². The lowest BCUT2D eigenvalue weighted by Crippen LogP contribution is -2.44. The maximum Gasteiger partial charge on any atom is 0.326 e. The molecule has 1 aromatic rings. The summed E-state index contributed by atoms with van der Waals surface area (Å²) in [6, 6.07) is 7.23. The zero-order chi connectivity index (χ0) is 14.5. The summed E-state index contributed by atoms with van der Waals surface area (Å²) in [6.07, 6.45) is 3.80. The molecule has 0 fully saturated rings. The normalized spacial score (nSPS) is 15.7. The minimum atomic E-state index is -0.956. The van der Waals surface area contributed by atoms with E-state index in [1.807, 2.05) is 30.5 Å². The van der Waals surface area contributed by atoms with Crippen LogP contribution >= 0.6 is 11.8 Å². The Balaban J connectivity index is 1.94. The van der Waals surface area contributed by atoms with E-state index in [0.29, 0.717) is 19.3 Å². The number of aliphatic carboxylic acids is 1. The largest absolute Gasteiger partial charge is 0.480 e.